The molecule has 2 aliphatic rings. The van der Waals surface area contributed by atoms with Gasteiger partial charge in [-0.2, -0.15) is 0 Å². The molecular formula is C10H17NO4. The van der Waals surface area contributed by atoms with Gasteiger partial charge in [-0.3, -0.25) is 0 Å². The van der Waals surface area contributed by atoms with E-state index in [1.54, 1.807) is 0 Å². The Morgan fingerprint density at radius 3 is 2.13 bits per heavy atom. The molecule has 0 aromatic heterocycles. The fraction of sp³-hybridized carbons (Fsp3) is 0.800. The van der Waals surface area contributed by atoms with Crippen LogP contribution in [0.25, 0.3) is 0 Å². The lowest BCUT2D eigenvalue weighted by Gasteiger charge is -2.10. The van der Waals surface area contributed by atoms with Crippen LogP contribution in [0, 0.1) is 11.8 Å². The lowest BCUT2D eigenvalue weighted by atomic mass is 10.2. The Morgan fingerprint density at radius 1 is 1.27 bits per heavy atom. The third-order valence-electron chi connectivity index (χ3n) is 2.99. The molecule has 5 heteroatoms. The molecule has 2 rings (SSSR count). The summed E-state index contributed by atoms with van der Waals surface area (Å²) in [7, 11) is 0. The van der Waals surface area contributed by atoms with Crippen molar-refractivity contribution in [1.29, 1.82) is 0 Å². The Morgan fingerprint density at radius 2 is 1.87 bits per heavy atom. The van der Waals surface area contributed by atoms with Crippen molar-refractivity contribution in [2.45, 2.75) is 32.2 Å². The van der Waals surface area contributed by atoms with Gasteiger partial charge in [-0.25, -0.2) is 9.59 Å². The summed E-state index contributed by atoms with van der Waals surface area (Å²) in [6.07, 6.45) is 4.48. The lowest BCUT2D eigenvalue weighted by molar-refractivity contribution is -0.159. The summed E-state index contributed by atoms with van der Waals surface area (Å²) in [6, 6.07) is 0.903. The first kappa shape index (κ1) is 12.0. The number of aliphatic carboxylic acids is 2. The minimum absolute atomic E-state index is 0.903. The van der Waals surface area contributed by atoms with E-state index in [1.807, 2.05) is 0 Å². The van der Waals surface area contributed by atoms with Crippen LogP contribution in [0.5, 0.6) is 0 Å². The Bertz CT molecular complexity index is 242. The van der Waals surface area contributed by atoms with Gasteiger partial charge in [0.05, 0.1) is 0 Å². The van der Waals surface area contributed by atoms with Crippen molar-refractivity contribution >= 4 is 11.9 Å². The first-order chi connectivity index (χ1) is 7.06. The number of fused-ring (bicyclic) bond motifs is 1. The van der Waals surface area contributed by atoms with Gasteiger partial charge in [-0.1, -0.05) is 6.92 Å². The standard InChI is InChI=1S/C8H15N.C2H2O4/c1-2-9-8-4-3-6-5-7(6)8;3-1(4)2(5)6/h6-9H,2-5H2,1H3;(H,3,4)(H,5,6). The molecule has 0 aromatic rings. The van der Waals surface area contributed by atoms with Gasteiger partial charge in [0.15, 0.2) is 0 Å². The first-order valence-electron chi connectivity index (χ1n) is 5.25. The Labute approximate surface area is 88.5 Å². The van der Waals surface area contributed by atoms with Crippen molar-refractivity contribution in [2.24, 2.45) is 11.8 Å². The molecule has 86 valence electrons. The summed E-state index contributed by atoms with van der Waals surface area (Å²) < 4.78 is 0. The van der Waals surface area contributed by atoms with E-state index in [0.717, 1.165) is 24.4 Å². The molecule has 0 amide bonds. The maximum atomic E-state index is 9.10. The van der Waals surface area contributed by atoms with Crippen LogP contribution in [-0.4, -0.2) is 34.7 Å². The molecule has 0 radical (unpaired) electrons. The van der Waals surface area contributed by atoms with Crippen molar-refractivity contribution in [3.8, 4) is 0 Å². The molecule has 3 N–H and O–H groups in total. The molecular weight excluding hydrogens is 198 g/mol. The quantitative estimate of drug-likeness (QED) is 0.585. The lowest BCUT2D eigenvalue weighted by Crippen LogP contribution is -2.28. The summed E-state index contributed by atoms with van der Waals surface area (Å²) in [4.78, 5) is 18.2. The van der Waals surface area contributed by atoms with Gasteiger partial charge in [0.25, 0.3) is 0 Å². The monoisotopic (exact) mass is 215 g/mol. The Hall–Kier alpha value is -1.10. The molecule has 0 spiro atoms. The van der Waals surface area contributed by atoms with Crippen LogP contribution in [0.1, 0.15) is 26.2 Å². The molecule has 3 atom stereocenters. The predicted molar refractivity (Wildman–Crippen MR) is 53.6 cm³/mol. The first-order valence-corrected chi connectivity index (χ1v) is 5.25. The highest BCUT2D eigenvalue weighted by Crippen LogP contribution is 2.51. The normalized spacial score (nSPS) is 31.1. The zero-order chi connectivity index (χ0) is 11.4. The third-order valence-corrected chi connectivity index (χ3v) is 2.99. The fourth-order valence-corrected chi connectivity index (χ4v) is 2.22. The average Bonchev–Trinajstić information content (AvgIpc) is 2.85. The molecule has 0 bridgehead atoms. The molecule has 15 heavy (non-hydrogen) atoms. The van der Waals surface area contributed by atoms with E-state index in [-0.39, 0.29) is 0 Å². The summed E-state index contributed by atoms with van der Waals surface area (Å²) in [5.74, 6) is -1.43. The number of carbonyl (C=O) groups is 2. The highest BCUT2D eigenvalue weighted by Gasteiger charge is 2.47. The fourth-order valence-electron chi connectivity index (χ4n) is 2.22. The van der Waals surface area contributed by atoms with Gasteiger partial charge >= 0.3 is 11.9 Å². The number of hydrogen-bond donors (Lipinski definition) is 3. The summed E-state index contributed by atoms with van der Waals surface area (Å²) in [5.41, 5.74) is 0. The molecule has 0 aromatic carbocycles. The molecule has 3 unspecified atom stereocenters. The molecule has 0 heterocycles. The second-order valence-electron chi connectivity index (χ2n) is 4.01. The van der Waals surface area contributed by atoms with E-state index in [2.05, 4.69) is 12.2 Å². The topological polar surface area (TPSA) is 86.6 Å². The molecule has 2 aliphatic carbocycles. The van der Waals surface area contributed by atoms with E-state index < -0.39 is 11.9 Å². The number of nitrogens with one attached hydrogen (secondary N) is 1. The van der Waals surface area contributed by atoms with Gasteiger partial charge in [-0.15, -0.1) is 0 Å². The van der Waals surface area contributed by atoms with Crippen LogP contribution in [0.15, 0.2) is 0 Å². The number of carboxylic acid groups (broad SMARTS) is 2. The number of hydrogen-bond acceptors (Lipinski definition) is 3. The van der Waals surface area contributed by atoms with Crippen LogP contribution in [-0.2, 0) is 9.59 Å². The van der Waals surface area contributed by atoms with E-state index in [9.17, 15) is 0 Å². The van der Waals surface area contributed by atoms with Crippen LogP contribution in [0.3, 0.4) is 0 Å². The van der Waals surface area contributed by atoms with Crippen molar-refractivity contribution < 1.29 is 19.8 Å². The molecule has 5 nitrogen and oxygen atoms in total. The van der Waals surface area contributed by atoms with Gasteiger partial charge in [0, 0.05) is 6.04 Å². The van der Waals surface area contributed by atoms with E-state index >= 15 is 0 Å². The summed E-state index contributed by atoms with van der Waals surface area (Å²) in [5, 5.41) is 18.3. The van der Waals surface area contributed by atoms with Crippen LogP contribution >= 0.6 is 0 Å². The predicted octanol–water partition coefficient (Wildman–Crippen LogP) is 0.550. The highest BCUT2D eigenvalue weighted by atomic mass is 16.4. The maximum absolute atomic E-state index is 9.10. The van der Waals surface area contributed by atoms with E-state index in [0.29, 0.717) is 0 Å². The molecule has 0 aliphatic heterocycles. The zero-order valence-corrected chi connectivity index (χ0v) is 8.77. The van der Waals surface area contributed by atoms with Crippen molar-refractivity contribution in [2.75, 3.05) is 6.54 Å². The average molecular weight is 215 g/mol. The van der Waals surface area contributed by atoms with Crippen molar-refractivity contribution in [3.05, 3.63) is 0 Å². The van der Waals surface area contributed by atoms with Crippen LogP contribution in [0.2, 0.25) is 0 Å². The maximum Gasteiger partial charge on any atom is 0.414 e. The zero-order valence-electron chi connectivity index (χ0n) is 8.77. The number of rotatable bonds is 2. The van der Waals surface area contributed by atoms with E-state index in [1.165, 1.54) is 19.3 Å². The van der Waals surface area contributed by atoms with Crippen LogP contribution < -0.4 is 5.32 Å². The smallest absolute Gasteiger partial charge is 0.414 e. The molecule has 0 saturated heterocycles. The SMILES string of the molecule is CCNC1CCC2CC21.O=C(O)C(=O)O. The second-order valence-corrected chi connectivity index (χ2v) is 4.01. The Kier molecular flexibility index (Phi) is 4.08. The van der Waals surface area contributed by atoms with Crippen LogP contribution in [0.4, 0.5) is 0 Å². The van der Waals surface area contributed by atoms with E-state index in [4.69, 9.17) is 19.8 Å². The molecule has 2 fully saturated rings. The van der Waals surface area contributed by atoms with Gasteiger partial charge in [0.2, 0.25) is 0 Å². The highest BCUT2D eigenvalue weighted by molar-refractivity contribution is 6.27. The second kappa shape index (κ2) is 5.11. The van der Waals surface area contributed by atoms with Gasteiger partial charge in [0.1, 0.15) is 0 Å². The Balaban J connectivity index is 0.000000167. The number of carboxylic acids is 2. The largest absolute Gasteiger partial charge is 0.473 e. The summed E-state index contributed by atoms with van der Waals surface area (Å²) in [6.45, 7) is 3.36. The van der Waals surface area contributed by atoms with Crippen molar-refractivity contribution in [1.82, 2.24) is 5.32 Å². The minimum Gasteiger partial charge on any atom is -0.473 e. The third kappa shape index (κ3) is 3.51. The van der Waals surface area contributed by atoms with Gasteiger partial charge < -0.3 is 15.5 Å². The molecule has 2 saturated carbocycles. The summed E-state index contributed by atoms with van der Waals surface area (Å²) >= 11 is 0. The minimum atomic E-state index is -1.82. The van der Waals surface area contributed by atoms with Gasteiger partial charge in [-0.05, 0) is 37.6 Å². The van der Waals surface area contributed by atoms with Crippen molar-refractivity contribution in [3.63, 3.8) is 0 Å².